The lowest BCUT2D eigenvalue weighted by Gasteiger charge is -2.23. The minimum atomic E-state index is -0.620. The fourth-order valence-electron chi connectivity index (χ4n) is 2.68. The van der Waals surface area contributed by atoms with E-state index in [-0.39, 0.29) is 6.61 Å². The average Bonchev–Trinajstić information content (AvgIpc) is 3.27. The fraction of sp³-hybridized carbons (Fsp3) is 0.300. The molecule has 3 aromatic rings. The van der Waals surface area contributed by atoms with Crippen molar-refractivity contribution in [3.8, 4) is 5.75 Å². The minimum Gasteiger partial charge on any atom is -0.491 e. The van der Waals surface area contributed by atoms with E-state index in [0.717, 1.165) is 22.8 Å². The first-order chi connectivity index (χ1) is 12.2. The summed E-state index contributed by atoms with van der Waals surface area (Å²) in [5, 5.41) is 10.4. The predicted molar refractivity (Wildman–Crippen MR) is 94.2 cm³/mol. The van der Waals surface area contributed by atoms with Crippen LogP contribution in [0.5, 0.6) is 5.75 Å². The molecule has 1 unspecified atom stereocenters. The Kier molecular flexibility index (Phi) is 5.93. The summed E-state index contributed by atoms with van der Waals surface area (Å²) in [6.07, 6.45) is 2.68. The molecule has 0 spiro atoms. The maximum absolute atomic E-state index is 10.4. The number of aliphatic hydroxyl groups excluding tert-OH is 1. The highest BCUT2D eigenvalue weighted by Crippen LogP contribution is 2.14. The van der Waals surface area contributed by atoms with E-state index in [0.29, 0.717) is 19.6 Å². The topological polar surface area (TPSA) is 59.0 Å². The number of benzene rings is 1. The quantitative estimate of drug-likeness (QED) is 0.644. The number of nitrogens with zero attached hydrogens (tertiary/aromatic N) is 1. The molecule has 1 aromatic carbocycles. The first-order valence-electron chi connectivity index (χ1n) is 8.33. The zero-order chi connectivity index (χ0) is 17.5. The lowest BCUT2D eigenvalue weighted by atomic mass is 10.2. The molecule has 0 aliphatic rings. The number of hydrogen-bond donors (Lipinski definition) is 1. The lowest BCUT2D eigenvalue weighted by Crippen LogP contribution is -2.34. The summed E-state index contributed by atoms with van der Waals surface area (Å²) in [5.74, 6) is 2.46. The van der Waals surface area contributed by atoms with Gasteiger partial charge in [0, 0.05) is 6.54 Å². The van der Waals surface area contributed by atoms with Crippen molar-refractivity contribution in [3.05, 3.63) is 78.1 Å². The molecular weight excluding hydrogens is 318 g/mol. The van der Waals surface area contributed by atoms with Crippen LogP contribution in [0, 0.1) is 6.92 Å². The molecule has 0 saturated heterocycles. The van der Waals surface area contributed by atoms with Crippen molar-refractivity contribution in [2.45, 2.75) is 26.1 Å². The molecule has 5 heteroatoms. The molecule has 1 N–H and O–H groups in total. The third kappa shape index (κ3) is 5.52. The Labute approximate surface area is 147 Å². The second kappa shape index (κ2) is 8.55. The third-order valence-corrected chi connectivity index (χ3v) is 3.82. The molecular formula is C20H23NO4. The molecule has 0 bridgehead atoms. The number of rotatable bonds is 9. The number of furan rings is 2. The molecule has 0 radical (unpaired) electrons. The first kappa shape index (κ1) is 17.3. The summed E-state index contributed by atoms with van der Waals surface area (Å²) < 4.78 is 16.5. The Morgan fingerprint density at radius 1 is 1.00 bits per heavy atom. The van der Waals surface area contributed by atoms with E-state index >= 15 is 0 Å². The van der Waals surface area contributed by atoms with Crippen LogP contribution in [0.2, 0.25) is 0 Å². The Balaban J connectivity index is 1.56. The van der Waals surface area contributed by atoms with Crippen LogP contribution in [0.15, 0.2) is 69.9 Å². The van der Waals surface area contributed by atoms with Gasteiger partial charge in [0.2, 0.25) is 0 Å². The largest absolute Gasteiger partial charge is 0.491 e. The summed E-state index contributed by atoms with van der Waals surface area (Å²) in [6, 6.07) is 15.4. The van der Waals surface area contributed by atoms with Gasteiger partial charge in [0.25, 0.3) is 0 Å². The third-order valence-electron chi connectivity index (χ3n) is 3.82. The van der Waals surface area contributed by atoms with Gasteiger partial charge in [-0.25, -0.2) is 0 Å². The summed E-state index contributed by atoms with van der Waals surface area (Å²) in [5.41, 5.74) is 1.13. The van der Waals surface area contributed by atoms with Crippen molar-refractivity contribution in [2.75, 3.05) is 13.2 Å². The highest BCUT2D eigenvalue weighted by atomic mass is 16.5. The van der Waals surface area contributed by atoms with Gasteiger partial charge in [-0.05, 0) is 48.9 Å². The molecule has 2 heterocycles. The summed E-state index contributed by atoms with van der Waals surface area (Å²) in [7, 11) is 0. The van der Waals surface area contributed by atoms with E-state index in [4.69, 9.17) is 13.6 Å². The van der Waals surface area contributed by atoms with Gasteiger partial charge in [0.15, 0.2) is 0 Å². The zero-order valence-electron chi connectivity index (χ0n) is 14.3. The van der Waals surface area contributed by atoms with Crippen molar-refractivity contribution < 1.29 is 18.7 Å². The SMILES string of the molecule is Cc1cccc(OCC(O)CN(Cc2ccco2)Cc2ccco2)c1. The first-order valence-corrected chi connectivity index (χ1v) is 8.33. The van der Waals surface area contributed by atoms with E-state index in [1.165, 1.54) is 0 Å². The molecule has 2 aromatic heterocycles. The Hall–Kier alpha value is -2.50. The van der Waals surface area contributed by atoms with Gasteiger partial charge in [0.1, 0.15) is 30.0 Å². The van der Waals surface area contributed by atoms with E-state index in [1.54, 1.807) is 12.5 Å². The molecule has 25 heavy (non-hydrogen) atoms. The monoisotopic (exact) mass is 341 g/mol. The summed E-state index contributed by atoms with van der Waals surface area (Å²) >= 11 is 0. The maximum Gasteiger partial charge on any atom is 0.119 e. The van der Waals surface area contributed by atoms with Gasteiger partial charge in [-0.3, -0.25) is 4.90 Å². The van der Waals surface area contributed by atoms with Crippen LogP contribution in [0.4, 0.5) is 0 Å². The van der Waals surface area contributed by atoms with Gasteiger partial charge >= 0.3 is 0 Å². The Bertz CT molecular complexity index is 701. The summed E-state index contributed by atoms with van der Waals surface area (Å²) in [4.78, 5) is 2.07. The minimum absolute atomic E-state index is 0.232. The normalized spacial score (nSPS) is 12.4. The molecule has 0 aliphatic carbocycles. The number of aliphatic hydroxyl groups is 1. The molecule has 0 amide bonds. The maximum atomic E-state index is 10.4. The van der Waals surface area contributed by atoms with Gasteiger partial charge < -0.3 is 18.7 Å². The molecule has 0 fully saturated rings. The van der Waals surface area contributed by atoms with Crippen LogP contribution in [0.3, 0.4) is 0 Å². The van der Waals surface area contributed by atoms with E-state index < -0.39 is 6.10 Å². The van der Waals surface area contributed by atoms with Crippen LogP contribution in [-0.2, 0) is 13.1 Å². The summed E-state index contributed by atoms with van der Waals surface area (Å²) in [6.45, 7) is 3.88. The van der Waals surface area contributed by atoms with Crippen LogP contribution in [0.25, 0.3) is 0 Å². The second-order valence-corrected chi connectivity index (χ2v) is 6.11. The average molecular weight is 341 g/mol. The molecule has 132 valence electrons. The fourth-order valence-corrected chi connectivity index (χ4v) is 2.68. The van der Waals surface area contributed by atoms with Crippen LogP contribution < -0.4 is 4.74 Å². The molecule has 5 nitrogen and oxygen atoms in total. The van der Waals surface area contributed by atoms with Crippen molar-refractivity contribution >= 4 is 0 Å². The molecule has 0 aliphatic heterocycles. The van der Waals surface area contributed by atoms with Crippen molar-refractivity contribution in [1.82, 2.24) is 4.90 Å². The zero-order valence-corrected chi connectivity index (χ0v) is 14.3. The second-order valence-electron chi connectivity index (χ2n) is 6.11. The molecule has 1 atom stereocenters. The van der Waals surface area contributed by atoms with Gasteiger partial charge in [-0.1, -0.05) is 12.1 Å². The van der Waals surface area contributed by atoms with Gasteiger partial charge in [-0.15, -0.1) is 0 Å². The highest BCUT2D eigenvalue weighted by Gasteiger charge is 2.16. The Morgan fingerprint density at radius 2 is 1.68 bits per heavy atom. The van der Waals surface area contributed by atoms with Crippen molar-refractivity contribution in [3.63, 3.8) is 0 Å². The predicted octanol–water partition coefficient (Wildman–Crippen LogP) is 3.62. The Morgan fingerprint density at radius 3 is 2.24 bits per heavy atom. The molecule has 0 saturated carbocycles. The smallest absolute Gasteiger partial charge is 0.119 e. The van der Waals surface area contributed by atoms with Gasteiger partial charge in [-0.2, -0.15) is 0 Å². The van der Waals surface area contributed by atoms with Crippen LogP contribution in [-0.4, -0.2) is 29.3 Å². The van der Waals surface area contributed by atoms with Crippen molar-refractivity contribution in [2.24, 2.45) is 0 Å². The lowest BCUT2D eigenvalue weighted by molar-refractivity contribution is 0.0580. The standard InChI is InChI=1S/C20H23NO4/c1-16-5-2-6-18(11-16)25-15-17(22)12-21(13-19-7-3-9-23-19)14-20-8-4-10-24-20/h2-11,17,22H,12-15H2,1H3. The number of ether oxygens (including phenoxy) is 1. The van der Waals surface area contributed by atoms with E-state index in [9.17, 15) is 5.11 Å². The highest BCUT2D eigenvalue weighted by molar-refractivity contribution is 5.27. The van der Waals surface area contributed by atoms with Gasteiger partial charge in [0.05, 0.1) is 25.6 Å². The number of aryl methyl sites for hydroxylation is 1. The van der Waals surface area contributed by atoms with Crippen LogP contribution in [0.1, 0.15) is 17.1 Å². The number of hydrogen-bond acceptors (Lipinski definition) is 5. The van der Waals surface area contributed by atoms with Crippen molar-refractivity contribution in [1.29, 1.82) is 0 Å². The van der Waals surface area contributed by atoms with E-state index in [2.05, 4.69) is 4.90 Å². The molecule has 3 rings (SSSR count). The van der Waals surface area contributed by atoms with E-state index in [1.807, 2.05) is 55.5 Å². The van der Waals surface area contributed by atoms with Crippen LogP contribution >= 0.6 is 0 Å².